The summed E-state index contributed by atoms with van der Waals surface area (Å²) in [5.41, 5.74) is 1.62. The Balaban J connectivity index is 2.10. The van der Waals surface area contributed by atoms with Crippen LogP contribution in [0.25, 0.3) is 0 Å². The van der Waals surface area contributed by atoms with Crippen molar-refractivity contribution in [2.75, 3.05) is 19.0 Å². The van der Waals surface area contributed by atoms with E-state index in [4.69, 9.17) is 4.74 Å². The molecule has 2 rings (SSSR count). The van der Waals surface area contributed by atoms with Crippen LogP contribution >= 0.6 is 0 Å². The number of anilines is 2. The SMILES string of the molecule is COCCCn1cc(C)nc1Nc1cccc(F)c1. The molecular formula is C14H18FN3O. The maximum Gasteiger partial charge on any atom is 0.207 e. The first-order valence-corrected chi connectivity index (χ1v) is 6.24. The molecule has 5 heteroatoms. The molecule has 4 nitrogen and oxygen atoms in total. The third-order valence-corrected chi connectivity index (χ3v) is 2.73. The van der Waals surface area contributed by atoms with Crippen LogP contribution in [0.5, 0.6) is 0 Å². The number of benzene rings is 1. The molecule has 0 amide bonds. The Morgan fingerprint density at radius 3 is 3.00 bits per heavy atom. The maximum absolute atomic E-state index is 13.1. The van der Waals surface area contributed by atoms with E-state index in [1.165, 1.54) is 12.1 Å². The number of methoxy groups -OCH3 is 1. The summed E-state index contributed by atoms with van der Waals surface area (Å²) < 4.78 is 20.2. The molecule has 0 saturated heterocycles. The monoisotopic (exact) mass is 263 g/mol. The fourth-order valence-electron chi connectivity index (χ4n) is 1.89. The third kappa shape index (κ3) is 3.79. The molecule has 0 aliphatic carbocycles. The minimum Gasteiger partial charge on any atom is -0.385 e. The number of nitrogens with zero attached hydrogens (tertiary/aromatic N) is 2. The number of aromatic nitrogens is 2. The van der Waals surface area contributed by atoms with Crippen molar-refractivity contribution in [2.45, 2.75) is 19.9 Å². The van der Waals surface area contributed by atoms with Crippen LogP contribution in [0, 0.1) is 12.7 Å². The molecule has 1 heterocycles. The Bertz CT molecular complexity index is 539. The van der Waals surface area contributed by atoms with Gasteiger partial charge in [-0.1, -0.05) is 6.07 Å². The highest BCUT2D eigenvalue weighted by Crippen LogP contribution is 2.17. The van der Waals surface area contributed by atoms with Crippen molar-refractivity contribution in [3.8, 4) is 0 Å². The molecular weight excluding hydrogens is 245 g/mol. The van der Waals surface area contributed by atoms with Gasteiger partial charge in [0.1, 0.15) is 5.82 Å². The summed E-state index contributed by atoms with van der Waals surface area (Å²) in [5, 5.41) is 3.13. The van der Waals surface area contributed by atoms with Gasteiger partial charge >= 0.3 is 0 Å². The zero-order valence-corrected chi connectivity index (χ0v) is 11.2. The fraction of sp³-hybridized carbons (Fsp3) is 0.357. The van der Waals surface area contributed by atoms with Crippen molar-refractivity contribution < 1.29 is 9.13 Å². The van der Waals surface area contributed by atoms with Crippen molar-refractivity contribution in [2.24, 2.45) is 0 Å². The molecule has 0 radical (unpaired) electrons. The standard InChI is InChI=1S/C14H18FN3O/c1-11-10-18(7-4-8-19-2)14(16-11)17-13-6-3-5-12(15)9-13/h3,5-6,9-10H,4,7-8H2,1-2H3,(H,16,17). The van der Waals surface area contributed by atoms with Crippen LogP contribution in [0.4, 0.5) is 16.0 Å². The van der Waals surface area contributed by atoms with Gasteiger partial charge in [0.15, 0.2) is 0 Å². The lowest BCUT2D eigenvalue weighted by Gasteiger charge is -2.09. The fourth-order valence-corrected chi connectivity index (χ4v) is 1.89. The molecule has 1 aromatic carbocycles. The number of aryl methyl sites for hydroxylation is 2. The molecule has 2 aromatic rings. The van der Waals surface area contributed by atoms with Crippen molar-refractivity contribution >= 4 is 11.6 Å². The van der Waals surface area contributed by atoms with Crippen LogP contribution < -0.4 is 5.32 Å². The lowest BCUT2D eigenvalue weighted by molar-refractivity contribution is 0.190. The van der Waals surface area contributed by atoms with E-state index < -0.39 is 0 Å². The summed E-state index contributed by atoms with van der Waals surface area (Å²) in [5.74, 6) is 0.457. The summed E-state index contributed by atoms with van der Waals surface area (Å²) in [7, 11) is 1.69. The van der Waals surface area contributed by atoms with Crippen LogP contribution in [0.3, 0.4) is 0 Å². The number of imidazole rings is 1. The van der Waals surface area contributed by atoms with E-state index in [9.17, 15) is 4.39 Å². The second kappa shape index (κ2) is 6.33. The molecule has 0 fully saturated rings. The van der Waals surface area contributed by atoms with E-state index in [1.807, 2.05) is 23.8 Å². The first-order valence-electron chi connectivity index (χ1n) is 6.24. The topological polar surface area (TPSA) is 39.1 Å². The Hall–Kier alpha value is -1.88. The van der Waals surface area contributed by atoms with Gasteiger partial charge in [-0.05, 0) is 31.5 Å². The van der Waals surface area contributed by atoms with E-state index >= 15 is 0 Å². The van der Waals surface area contributed by atoms with Gasteiger partial charge in [0.05, 0.1) is 5.69 Å². The summed E-state index contributed by atoms with van der Waals surface area (Å²) in [6.07, 6.45) is 2.88. The zero-order chi connectivity index (χ0) is 13.7. The summed E-state index contributed by atoms with van der Waals surface area (Å²) in [6, 6.07) is 6.35. The smallest absolute Gasteiger partial charge is 0.207 e. The molecule has 0 bridgehead atoms. The number of rotatable bonds is 6. The average Bonchev–Trinajstić information content (AvgIpc) is 2.70. The quantitative estimate of drug-likeness (QED) is 0.814. The van der Waals surface area contributed by atoms with Gasteiger partial charge in [0.2, 0.25) is 5.95 Å². The van der Waals surface area contributed by atoms with Crippen LogP contribution in [0.1, 0.15) is 12.1 Å². The minimum absolute atomic E-state index is 0.265. The second-order valence-corrected chi connectivity index (χ2v) is 4.38. The molecule has 0 unspecified atom stereocenters. The molecule has 0 aliphatic rings. The highest BCUT2D eigenvalue weighted by molar-refractivity contribution is 5.53. The number of nitrogens with one attached hydrogen (secondary N) is 1. The Kier molecular flexibility index (Phi) is 4.52. The van der Waals surface area contributed by atoms with Crippen molar-refractivity contribution in [3.05, 3.63) is 42.0 Å². The van der Waals surface area contributed by atoms with Gasteiger partial charge in [-0.25, -0.2) is 9.37 Å². The van der Waals surface area contributed by atoms with Gasteiger partial charge in [-0.2, -0.15) is 0 Å². The summed E-state index contributed by atoms with van der Waals surface area (Å²) in [6.45, 7) is 3.45. The molecule has 0 atom stereocenters. The van der Waals surface area contributed by atoms with Gasteiger partial charge in [0.25, 0.3) is 0 Å². The maximum atomic E-state index is 13.1. The summed E-state index contributed by atoms with van der Waals surface area (Å²) in [4.78, 5) is 4.40. The van der Waals surface area contributed by atoms with Crippen molar-refractivity contribution in [3.63, 3.8) is 0 Å². The van der Waals surface area contributed by atoms with E-state index in [0.717, 1.165) is 24.6 Å². The highest BCUT2D eigenvalue weighted by Gasteiger charge is 2.06. The third-order valence-electron chi connectivity index (χ3n) is 2.73. The number of ether oxygens (including phenoxy) is 1. The molecule has 0 saturated carbocycles. The Morgan fingerprint density at radius 2 is 2.26 bits per heavy atom. The number of hydrogen-bond acceptors (Lipinski definition) is 3. The lowest BCUT2D eigenvalue weighted by Crippen LogP contribution is -2.05. The van der Waals surface area contributed by atoms with Crippen LogP contribution in [-0.2, 0) is 11.3 Å². The van der Waals surface area contributed by atoms with Gasteiger partial charge in [-0.3, -0.25) is 0 Å². The predicted molar refractivity (Wildman–Crippen MR) is 73.1 cm³/mol. The van der Waals surface area contributed by atoms with Crippen LogP contribution in [0.15, 0.2) is 30.5 Å². The molecule has 102 valence electrons. The lowest BCUT2D eigenvalue weighted by atomic mass is 10.3. The van der Waals surface area contributed by atoms with E-state index in [0.29, 0.717) is 12.3 Å². The largest absolute Gasteiger partial charge is 0.385 e. The van der Waals surface area contributed by atoms with Crippen molar-refractivity contribution in [1.29, 1.82) is 0 Å². The normalized spacial score (nSPS) is 10.7. The van der Waals surface area contributed by atoms with E-state index in [1.54, 1.807) is 13.2 Å². The minimum atomic E-state index is -0.265. The number of hydrogen-bond donors (Lipinski definition) is 1. The zero-order valence-electron chi connectivity index (χ0n) is 11.2. The first kappa shape index (κ1) is 13.5. The van der Waals surface area contributed by atoms with Crippen LogP contribution in [-0.4, -0.2) is 23.3 Å². The average molecular weight is 263 g/mol. The molecule has 1 N–H and O–H groups in total. The van der Waals surface area contributed by atoms with E-state index in [2.05, 4.69) is 10.3 Å². The van der Waals surface area contributed by atoms with Crippen LogP contribution in [0.2, 0.25) is 0 Å². The van der Waals surface area contributed by atoms with Gasteiger partial charge in [-0.15, -0.1) is 0 Å². The molecule has 0 aliphatic heterocycles. The highest BCUT2D eigenvalue weighted by atomic mass is 19.1. The van der Waals surface area contributed by atoms with Crippen molar-refractivity contribution in [1.82, 2.24) is 9.55 Å². The van der Waals surface area contributed by atoms with E-state index in [-0.39, 0.29) is 5.82 Å². The Morgan fingerprint density at radius 1 is 1.42 bits per heavy atom. The Labute approximate surface area is 112 Å². The predicted octanol–water partition coefficient (Wildman–Crippen LogP) is 3.11. The second-order valence-electron chi connectivity index (χ2n) is 4.38. The molecule has 0 spiro atoms. The van der Waals surface area contributed by atoms with Gasteiger partial charge < -0.3 is 14.6 Å². The molecule has 1 aromatic heterocycles. The number of halogens is 1. The molecule has 19 heavy (non-hydrogen) atoms. The summed E-state index contributed by atoms with van der Waals surface area (Å²) >= 11 is 0. The van der Waals surface area contributed by atoms with Gasteiger partial charge in [0, 0.05) is 32.1 Å². The first-order chi connectivity index (χ1) is 9.19.